The van der Waals surface area contributed by atoms with E-state index in [1.165, 1.54) is 0 Å². The summed E-state index contributed by atoms with van der Waals surface area (Å²) in [5.41, 5.74) is 2.02. The fourth-order valence-electron chi connectivity index (χ4n) is 5.50. The van der Waals surface area contributed by atoms with Gasteiger partial charge < -0.3 is 9.80 Å². The molecule has 0 radical (unpaired) electrons. The molecule has 1 saturated carbocycles. The van der Waals surface area contributed by atoms with Gasteiger partial charge in [-0.3, -0.25) is 9.47 Å². The molecule has 1 unspecified atom stereocenters. The van der Waals surface area contributed by atoms with E-state index in [-0.39, 0.29) is 11.8 Å². The van der Waals surface area contributed by atoms with Crippen LogP contribution in [-0.4, -0.2) is 67.8 Å². The van der Waals surface area contributed by atoms with Crippen molar-refractivity contribution in [2.24, 2.45) is 5.41 Å². The van der Waals surface area contributed by atoms with Gasteiger partial charge in [-0.1, -0.05) is 11.6 Å². The first-order valence-electron chi connectivity index (χ1n) is 11.0. The molecule has 5 heterocycles. The van der Waals surface area contributed by atoms with Gasteiger partial charge >= 0.3 is 0 Å². The number of hydrogen-bond acceptors (Lipinski definition) is 7. The van der Waals surface area contributed by atoms with Crippen LogP contribution in [0.2, 0.25) is 5.02 Å². The summed E-state index contributed by atoms with van der Waals surface area (Å²) < 4.78 is 29.8. The van der Waals surface area contributed by atoms with Crippen LogP contribution in [0.4, 0.5) is 20.7 Å². The number of hydrogen-bond donors (Lipinski definition) is 0. The van der Waals surface area contributed by atoms with Gasteiger partial charge in [-0.25, -0.2) is 18.7 Å². The van der Waals surface area contributed by atoms with Crippen LogP contribution in [0.1, 0.15) is 17.8 Å². The Morgan fingerprint density at radius 1 is 0.970 bits per heavy atom. The molecule has 3 fully saturated rings. The highest BCUT2D eigenvalue weighted by Crippen LogP contribution is 2.48. The van der Waals surface area contributed by atoms with Crippen molar-refractivity contribution in [2.45, 2.75) is 31.5 Å². The molecule has 0 amide bonds. The molecule has 7 rings (SSSR count). The summed E-state index contributed by atoms with van der Waals surface area (Å²) in [7, 11) is 0. The van der Waals surface area contributed by atoms with Crippen LogP contribution in [0.15, 0.2) is 36.7 Å². The molecule has 1 spiro atoms. The summed E-state index contributed by atoms with van der Waals surface area (Å²) in [6, 6.07) is 6.69. The summed E-state index contributed by atoms with van der Waals surface area (Å²) in [5.74, 6) is -0.430. The molecule has 2 aromatic heterocycles. The minimum absolute atomic E-state index is 0.111. The van der Waals surface area contributed by atoms with Crippen LogP contribution >= 0.6 is 11.6 Å². The molecule has 3 aliphatic heterocycles. The van der Waals surface area contributed by atoms with E-state index < -0.39 is 12.0 Å². The summed E-state index contributed by atoms with van der Waals surface area (Å²) in [5, 5.41) is 9.51. The molecule has 8 nitrogen and oxygen atoms in total. The van der Waals surface area contributed by atoms with Gasteiger partial charge in [-0.05, 0) is 29.8 Å². The SMILES string of the molecule is FC1(F)CC1N1Cc2cc(Cl)ccc2-n2c(nnc2N2CC3(CN(c4ncccn4)C3)C2)C1. The van der Waals surface area contributed by atoms with Crippen molar-refractivity contribution in [3.8, 4) is 5.69 Å². The fraction of sp³-hybridized carbons (Fsp3) is 0.455. The lowest BCUT2D eigenvalue weighted by atomic mass is 9.73. The number of halogens is 3. The normalized spacial score (nSPS) is 24.5. The van der Waals surface area contributed by atoms with Crippen LogP contribution < -0.4 is 9.80 Å². The zero-order valence-corrected chi connectivity index (χ0v) is 18.5. The quantitative estimate of drug-likeness (QED) is 0.583. The van der Waals surface area contributed by atoms with E-state index in [0.717, 1.165) is 49.3 Å². The van der Waals surface area contributed by atoms with E-state index in [9.17, 15) is 8.78 Å². The van der Waals surface area contributed by atoms with Crippen molar-refractivity contribution >= 4 is 23.5 Å². The molecule has 0 N–H and O–H groups in total. The topological polar surface area (TPSA) is 66.2 Å². The van der Waals surface area contributed by atoms with Crippen LogP contribution in [0.5, 0.6) is 0 Å². The second-order valence-corrected chi connectivity index (χ2v) is 10.1. The summed E-state index contributed by atoms with van der Waals surface area (Å²) in [6.45, 7) is 4.28. The number of aromatic nitrogens is 5. The zero-order chi connectivity index (χ0) is 22.4. The Hall–Kier alpha value is -2.85. The lowest BCUT2D eigenvalue weighted by Crippen LogP contribution is -2.73. The smallest absolute Gasteiger partial charge is 0.265 e. The van der Waals surface area contributed by atoms with Crippen LogP contribution in [-0.2, 0) is 13.1 Å². The Balaban J connectivity index is 1.16. The second kappa shape index (κ2) is 6.60. The second-order valence-electron chi connectivity index (χ2n) is 9.67. The first-order valence-corrected chi connectivity index (χ1v) is 11.4. The predicted molar refractivity (Wildman–Crippen MR) is 118 cm³/mol. The van der Waals surface area contributed by atoms with E-state index in [4.69, 9.17) is 11.6 Å². The summed E-state index contributed by atoms with van der Waals surface area (Å²) in [4.78, 5) is 14.9. The maximum absolute atomic E-state index is 13.9. The number of nitrogens with zero attached hydrogens (tertiary/aromatic N) is 8. The minimum Gasteiger partial charge on any atom is -0.339 e. The minimum atomic E-state index is -2.64. The molecule has 3 aromatic rings. The standard InChI is InChI=1S/C22H21ClF2N8/c23-15-2-3-16-14(6-15)8-30(17-7-22(17,24)25)9-18-28-29-20(33(16)18)32-12-21(13-32)10-31(11-21)19-26-4-1-5-27-19/h1-6,17H,7-13H2. The van der Waals surface area contributed by atoms with Gasteiger partial charge in [0.05, 0.1) is 18.3 Å². The summed E-state index contributed by atoms with van der Waals surface area (Å²) in [6.07, 6.45) is 3.41. The number of alkyl halides is 2. The van der Waals surface area contributed by atoms with Crippen molar-refractivity contribution in [2.75, 3.05) is 36.0 Å². The highest BCUT2D eigenvalue weighted by atomic mass is 35.5. The Morgan fingerprint density at radius 2 is 1.70 bits per heavy atom. The van der Waals surface area contributed by atoms with E-state index in [2.05, 4.69) is 30.0 Å². The third-order valence-electron chi connectivity index (χ3n) is 7.17. The number of fused-ring (bicyclic) bond motifs is 3. The summed E-state index contributed by atoms with van der Waals surface area (Å²) >= 11 is 6.27. The van der Waals surface area contributed by atoms with E-state index in [1.54, 1.807) is 17.3 Å². The maximum atomic E-state index is 13.9. The van der Waals surface area contributed by atoms with Crippen molar-refractivity contribution < 1.29 is 8.78 Å². The molecule has 1 aromatic carbocycles. The van der Waals surface area contributed by atoms with Crippen LogP contribution in [0.25, 0.3) is 5.69 Å². The monoisotopic (exact) mass is 470 g/mol. The molecular weight excluding hydrogens is 450 g/mol. The van der Waals surface area contributed by atoms with Gasteiger partial charge in [0.2, 0.25) is 11.9 Å². The number of benzene rings is 1. The highest BCUT2D eigenvalue weighted by molar-refractivity contribution is 6.30. The molecule has 0 bridgehead atoms. The van der Waals surface area contributed by atoms with Crippen molar-refractivity contribution in [3.63, 3.8) is 0 Å². The average Bonchev–Trinajstić information content (AvgIpc) is 3.25. The van der Waals surface area contributed by atoms with E-state index in [0.29, 0.717) is 23.9 Å². The van der Waals surface area contributed by atoms with Gasteiger partial charge in [-0.15, -0.1) is 10.2 Å². The van der Waals surface area contributed by atoms with E-state index >= 15 is 0 Å². The average molecular weight is 471 g/mol. The largest absolute Gasteiger partial charge is 0.339 e. The highest BCUT2D eigenvalue weighted by Gasteiger charge is 2.60. The number of anilines is 2. The molecule has 1 aliphatic carbocycles. The zero-order valence-electron chi connectivity index (χ0n) is 17.7. The number of rotatable bonds is 3. The van der Waals surface area contributed by atoms with Crippen LogP contribution in [0, 0.1) is 5.41 Å². The van der Waals surface area contributed by atoms with Crippen molar-refractivity contribution in [1.82, 2.24) is 29.6 Å². The molecule has 33 heavy (non-hydrogen) atoms. The third kappa shape index (κ3) is 3.03. The van der Waals surface area contributed by atoms with Crippen molar-refractivity contribution in [3.05, 3.63) is 53.1 Å². The van der Waals surface area contributed by atoms with Gasteiger partial charge in [0, 0.05) is 62.0 Å². The Labute approximate surface area is 193 Å². The van der Waals surface area contributed by atoms with Gasteiger partial charge in [0.25, 0.3) is 5.92 Å². The van der Waals surface area contributed by atoms with Gasteiger partial charge in [-0.2, -0.15) is 0 Å². The maximum Gasteiger partial charge on any atom is 0.265 e. The first-order chi connectivity index (χ1) is 15.9. The molecule has 11 heteroatoms. The fourth-order valence-corrected chi connectivity index (χ4v) is 5.69. The first kappa shape index (κ1) is 19.6. The van der Waals surface area contributed by atoms with E-state index in [1.807, 2.05) is 28.8 Å². The predicted octanol–water partition coefficient (Wildman–Crippen LogP) is 2.76. The third-order valence-corrected chi connectivity index (χ3v) is 7.41. The molecule has 170 valence electrons. The molecule has 2 saturated heterocycles. The lowest BCUT2D eigenvalue weighted by molar-refractivity contribution is 0.0663. The van der Waals surface area contributed by atoms with Crippen molar-refractivity contribution in [1.29, 1.82) is 0 Å². The molecule has 1 atom stereocenters. The lowest BCUT2D eigenvalue weighted by Gasteiger charge is -2.60. The Bertz CT molecular complexity index is 1230. The molecular formula is C22H21ClF2N8. The van der Waals surface area contributed by atoms with Gasteiger partial charge in [0.15, 0.2) is 5.82 Å². The van der Waals surface area contributed by atoms with Crippen LogP contribution in [0.3, 0.4) is 0 Å². The Kier molecular flexibility index (Phi) is 3.92. The Morgan fingerprint density at radius 3 is 2.42 bits per heavy atom. The molecule has 4 aliphatic rings. The van der Waals surface area contributed by atoms with Gasteiger partial charge in [0.1, 0.15) is 0 Å².